The van der Waals surface area contributed by atoms with Crippen LogP contribution in [-0.2, 0) is 14.2 Å². The van der Waals surface area contributed by atoms with E-state index in [9.17, 15) is 0 Å². The zero-order valence-electron chi connectivity index (χ0n) is 12.9. The maximum atomic E-state index is 5.97. The Morgan fingerprint density at radius 1 is 1.19 bits per heavy atom. The van der Waals surface area contributed by atoms with Gasteiger partial charge in [0.1, 0.15) is 24.1 Å². The lowest BCUT2D eigenvalue weighted by Gasteiger charge is -2.21. The molecule has 4 nitrogen and oxygen atoms in total. The maximum absolute atomic E-state index is 5.97. The number of benzene rings is 1. The SMILES string of the molecule is COc1cccc(/C=C/[C@H]2O[C@@H](C)[C@H]3OC(C)(C)O[C@H]32)c1. The van der Waals surface area contributed by atoms with Crippen LogP contribution in [0.5, 0.6) is 5.75 Å². The van der Waals surface area contributed by atoms with Gasteiger partial charge in [-0.05, 0) is 38.5 Å². The van der Waals surface area contributed by atoms with Crippen LogP contribution in [0.2, 0.25) is 0 Å². The first kappa shape index (κ1) is 14.6. The minimum atomic E-state index is -0.532. The Morgan fingerprint density at radius 2 is 1.95 bits per heavy atom. The molecule has 0 aliphatic carbocycles. The van der Waals surface area contributed by atoms with Gasteiger partial charge in [-0.15, -0.1) is 0 Å². The molecule has 2 heterocycles. The first-order valence-electron chi connectivity index (χ1n) is 7.32. The van der Waals surface area contributed by atoms with E-state index in [1.807, 2.05) is 57.2 Å². The standard InChI is InChI=1S/C17H22O4/c1-11-15-16(21-17(2,3)20-15)14(19-11)9-8-12-6-5-7-13(10-12)18-4/h5-11,14-16H,1-4H3/b9-8+/t11-,14+,15+,16-/m0/s1. The van der Waals surface area contributed by atoms with E-state index in [2.05, 4.69) is 0 Å². The normalized spacial score (nSPS) is 34.3. The van der Waals surface area contributed by atoms with E-state index in [0.717, 1.165) is 11.3 Å². The first-order valence-corrected chi connectivity index (χ1v) is 7.32. The van der Waals surface area contributed by atoms with E-state index in [1.165, 1.54) is 0 Å². The van der Waals surface area contributed by atoms with E-state index < -0.39 is 5.79 Å². The molecule has 0 amide bonds. The van der Waals surface area contributed by atoms with Crippen LogP contribution in [0.4, 0.5) is 0 Å². The third-order valence-electron chi connectivity index (χ3n) is 3.89. The zero-order valence-corrected chi connectivity index (χ0v) is 12.9. The van der Waals surface area contributed by atoms with Gasteiger partial charge in [0.25, 0.3) is 0 Å². The summed E-state index contributed by atoms with van der Waals surface area (Å²) in [5.74, 6) is 0.312. The second kappa shape index (κ2) is 5.44. The van der Waals surface area contributed by atoms with E-state index in [-0.39, 0.29) is 24.4 Å². The molecule has 0 saturated carbocycles. The lowest BCUT2D eigenvalue weighted by atomic mass is 10.1. The Kier molecular flexibility index (Phi) is 3.78. The summed E-state index contributed by atoms with van der Waals surface area (Å²) >= 11 is 0. The highest BCUT2D eigenvalue weighted by Gasteiger charge is 2.52. The first-order chi connectivity index (χ1) is 9.98. The van der Waals surface area contributed by atoms with Crippen molar-refractivity contribution in [1.82, 2.24) is 0 Å². The lowest BCUT2D eigenvalue weighted by molar-refractivity contribution is -0.180. The van der Waals surface area contributed by atoms with Crippen LogP contribution in [0.15, 0.2) is 30.3 Å². The average Bonchev–Trinajstić information content (AvgIpc) is 2.92. The summed E-state index contributed by atoms with van der Waals surface area (Å²) in [6.45, 7) is 5.92. The largest absolute Gasteiger partial charge is 0.497 e. The van der Waals surface area contributed by atoms with E-state index in [1.54, 1.807) is 7.11 Å². The van der Waals surface area contributed by atoms with Gasteiger partial charge in [0.2, 0.25) is 0 Å². The van der Waals surface area contributed by atoms with Crippen LogP contribution in [0, 0.1) is 0 Å². The number of fused-ring (bicyclic) bond motifs is 1. The second-order valence-corrected chi connectivity index (χ2v) is 6.01. The molecule has 0 bridgehead atoms. The summed E-state index contributed by atoms with van der Waals surface area (Å²) in [7, 11) is 1.67. The number of methoxy groups -OCH3 is 1. The molecule has 21 heavy (non-hydrogen) atoms. The molecule has 2 aliphatic heterocycles. The van der Waals surface area contributed by atoms with E-state index >= 15 is 0 Å². The fourth-order valence-corrected chi connectivity index (χ4v) is 2.94. The molecule has 3 rings (SSSR count). The summed E-state index contributed by atoms with van der Waals surface area (Å²) in [5.41, 5.74) is 1.08. The second-order valence-electron chi connectivity index (χ2n) is 6.01. The van der Waals surface area contributed by atoms with Crippen molar-refractivity contribution in [1.29, 1.82) is 0 Å². The van der Waals surface area contributed by atoms with Gasteiger partial charge in [-0.3, -0.25) is 0 Å². The van der Waals surface area contributed by atoms with Gasteiger partial charge in [0.05, 0.1) is 13.2 Å². The van der Waals surface area contributed by atoms with Crippen molar-refractivity contribution >= 4 is 6.08 Å². The van der Waals surface area contributed by atoms with Gasteiger partial charge in [-0.2, -0.15) is 0 Å². The minimum absolute atomic E-state index is 0.0000375. The number of ether oxygens (including phenoxy) is 4. The predicted molar refractivity (Wildman–Crippen MR) is 80.2 cm³/mol. The van der Waals surface area contributed by atoms with Crippen molar-refractivity contribution in [2.24, 2.45) is 0 Å². The number of rotatable bonds is 3. The molecule has 0 spiro atoms. The smallest absolute Gasteiger partial charge is 0.164 e. The molecule has 0 radical (unpaired) electrons. The molecule has 1 aromatic carbocycles. The summed E-state index contributed by atoms with van der Waals surface area (Å²) < 4.78 is 23.0. The zero-order chi connectivity index (χ0) is 15.0. The molecule has 2 aliphatic rings. The van der Waals surface area contributed by atoms with Gasteiger partial charge in [0.15, 0.2) is 5.79 Å². The van der Waals surface area contributed by atoms with Gasteiger partial charge in [0, 0.05) is 0 Å². The Balaban J connectivity index is 1.74. The fraction of sp³-hybridized carbons (Fsp3) is 0.529. The summed E-state index contributed by atoms with van der Waals surface area (Å²) in [5, 5.41) is 0. The third-order valence-corrected chi connectivity index (χ3v) is 3.89. The van der Waals surface area contributed by atoms with Gasteiger partial charge in [-0.1, -0.05) is 24.3 Å². The molecule has 2 fully saturated rings. The van der Waals surface area contributed by atoms with E-state index in [0.29, 0.717) is 0 Å². The van der Waals surface area contributed by atoms with E-state index in [4.69, 9.17) is 18.9 Å². The molecule has 4 heteroatoms. The summed E-state index contributed by atoms with van der Waals surface area (Å²) in [6.07, 6.45) is 3.99. The molecule has 1 aromatic rings. The van der Waals surface area contributed by atoms with Crippen LogP contribution in [0.25, 0.3) is 6.08 Å². The van der Waals surface area contributed by atoms with Crippen LogP contribution in [-0.4, -0.2) is 37.3 Å². The van der Waals surface area contributed by atoms with Crippen molar-refractivity contribution in [2.45, 2.75) is 51.0 Å². The Bertz CT molecular complexity index is 537. The Labute approximate surface area is 125 Å². The summed E-state index contributed by atoms with van der Waals surface area (Å²) in [6, 6.07) is 7.92. The van der Waals surface area contributed by atoms with Gasteiger partial charge in [-0.25, -0.2) is 0 Å². The molecule has 0 unspecified atom stereocenters. The van der Waals surface area contributed by atoms with Gasteiger partial charge >= 0.3 is 0 Å². The van der Waals surface area contributed by atoms with Crippen LogP contribution < -0.4 is 4.74 Å². The molecule has 2 saturated heterocycles. The van der Waals surface area contributed by atoms with Crippen molar-refractivity contribution in [2.75, 3.05) is 7.11 Å². The highest BCUT2D eigenvalue weighted by atomic mass is 16.8. The lowest BCUT2D eigenvalue weighted by Crippen LogP contribution is -2.28. The molecule has 4 atom stereocenters. The van der Waals surface area contributed by atoms with Crippen molar-refractivity contribution < 1.29 is 18.9 Å². The molecule has 0 aromatic heterocycles. The topological polar surface area (TPSA) is 36.9 Å². The summed E-state index contributed by atoms with van der Waals surface area (Å²) in [4.78, 5) is 0. The van der Waals surface area contributed by atoms with Crippen molar-refractivity contribution in [3.63, 3.8) is 0 Å². The van der Waals surface area contributed by atoms with Crippen LogP contribution >= 0.6 is 0 Å². The van der Waals surface area contributed by atoms with Crippen molar-refractivity contribution in [3.05, 3.63) is 35.9 Å². The molecular weight excluding hydrogens is 268 g/mol. The fourth-order valence-electron chi connectivity index (χ4n) is 2.94. The predicted octanol–water partition coefficient (Wildman–Crippen LogP) is 3.02. The van der Waals surface area contributed by atoms with Gasteiger partial charge < -0.3 is 18.9 Å². The third kappa shape index (κ3) is 2.98. The molecule has 114 valence electrons. The average molecular weight is 290 g/mol. The molecule has 0 N–H and O–H groups in total. The van der Waals surface area contributed by atoms with Crippen molar-refractivity contribution in [3.8, 4) is 5.75 Å². The Hall–Kier alpha value is -1.36. The number of hydrogen-bond donors (Lipinski definition) is 0. The monoisotopic (exact) mass is 290 g/mol. The quantitative estimate of drug-likeness (QED) is 0.857. The highest BCUT2D eigenvalue weighted by Crippen LogP contribution is 2.39. The van der Waals surface area contributed by atoms with Crippen LogP contribution in [0.3, 0.4) is 0 Å². The minimum Gasteiger partial charge on any atom is -0.497 e. The Morgan fingerprint density at radius 3 is 2.71 bits per heavy atom. The maximum Gasteiger partial charge on any atom is 0.164 e. The van der Waals surface area contributed by atoms with Crippen LogP contribution in [0.1, 0.15) is 26.3 Å². The highest BCUT2D eigenvalue weighted by molar-refractivity contribution is 5.52. The number of hydrogen-bond acceptors (Lipinski definition) is 4. The molecular formula is C17H22O4.